The highest BCUT2D eigenvalue weighted by Crippen LogP contribution is 2.36. The Morgan fingerprint density at radius 1 is 1.35 bits per heavy atom. The molecule has 1 aliphatic rings. The Kier molecular flexibility index (Phi) is 5.32. The highest BCUT2D eigenvalue weighted by molar-refractivity contribution is 6.05. The highest BCUT2D eigenvalue weighted by atomic mass is 16.5. The second kappa shape index (κ2) is 7.50. The molecule has 26 heavy (non-hydrogen) atoms. The van der Waals surface area contributed by atoms with E-state index in [1.54, 1.807) is 13.3 Å². The van der Waals surface area contributed by atoms with E-state index in [9.17, 15) is 4.79 Å². The molecular weight excluding hydrogens is 330 g/mol. The first kappa shape index (κ1) is 18.5. The van der Waals surface area contributed by atoms with Crippen LogP contribution in [0.4, 0.5) is 5.69 Å². The maximum absolute atomic E-state index is 12.6. The summed E-state index contributed by atoms with van der Waals surface area (Å²) >= 11 is 0. The minimum absolute atomic E-state index is 0.333. The first-order valence-electron chi connectivity index (χ1n) is 9.01. The lowest BCUT2D eigenvalue weighted by atomic mass is 10.1. The number of carbonyl (C=O) groups excluding carboxylic acids is 1. The molecule has 1 saturated heterocycles. The Labute approximate surface area is 154 Å². The van der Waals surface area contributed by atoms with Gasteiger partial charge in [0.1, 0.15) is 11.3 Å². The molecule has 0 bridgehead atoms. The maximum atomic E-state index is 12.6. The summed E-state index contributed by atoms with van der Waals surface area (Å²) in [5, 5.41) is 0.918. The Morgan fingerprint density at radius 2 is 2.12 bits per heavy atom. The van der Waals surface area contributed by atoms with E-state index < -0.39 is 0 Å². The average Bonchev–Trinajstić information content (AvgIpc) is 3.02. The van der Waals surface area contributed by atoms with Crippen molar-refractivity contribution in [1.29, 1.82) is 0 Å². The number of hydrogen-bond acceptors (Lipinski definition) is 6. The molecule has 0 saturated carbocycles. The Balaban J connectivity index is 2.15. The summed E-state index contributed by atoms with van der Waals surface area (Å²) in [5.74, 6) is 0.910. The molecule has 0 spiro atoms. The van der Waals surface area contributed by atoms with Gasteiger partial charge in [-0.05, 0) is 45.1 Å². The van der Waals surface area contributed by atoms with Crippen LogP contribution in [0.3, 0.4) is 0 Å². The van der Waals surface area contributed by atoms with Crippen LogP contribution < -0.4 is 9.64 Å². The Bertz CT molecular complexity index is 806. The number of benzene rings is 1. The number of nitrogens with zero attached hydrogens (tertiary/aromatic N) is 3. The van der Waals surface area contributed by atoms with E-state index in [-0.39, 0.29) is 5.97 Å². The van der Waals surface area contributed by atoms with Crippen molar-refractivity contribution in [3.05, 3.63) is 30.0 Å². The van der Waals surface area contributed by atoms with Crippen LogP contribution >= 0.6 is 0 Å². The number of rotatable bonds is 5. The van der Waals surface area contributed by atoms with Gasteiger partial charge in [0.25, 0.3) is 0 Å². The number of anilines is 1. The van der Waals surface area contributed by atoms with Crippen molar-refractivity contribution in [3.63, 3.8) is 0 Å². The number of carbonyl (C=O) groups is 1. The smallest absolute Gasteiger partial charge is 0.341 e. The van der Waals surface area contributed by atoms with Crippen molar-refractivity contribution in [3.8, 4) is 5.75 Å². The van der Waals surface area contributed by atoms with Gasteiger partial charge in [-0.1, -0.05) is 6.92 Å². The number of aromatic nitrogens is 1. The molecule has 6 heteroatoms. The minimum Gasteiger partial charge on any atom is -0.497 e. The molecule has 1 aromatic carbocycles. The number of methoxy groups -OCH3 is 1. The summed E-state index contributed by atoms with van der Waals surface area (Å²) in [5.41, 5.74) is 2.25. The van der Waals surface area contributed by atoms with Crippen LogP contribution in [-0.2, 0) is 4.74 Å². The van der Waals surface area contributed by atoms with E-state index in [1.807, 2.05) is 25.1 Å². The van der Waals surface area contributed by atoms with Gasteiger partial charge >= 0.3 is 5.97 Å². The second-order valence-electron chi connectivity index (χ2n) is 7.04. The van der Waals surface area contributed by atoms with Crippen molar-refractivity contribution in [2.24, 2.45) is 5.92 Å². The fourth-order valence-corrected chi connectivity index (χ4v) is 3.79. The summed E-state index contributed by atoms with van der Waals surface area (Å²) in [6, 6.07) is 6.20. The zero-order chi connectivity index (χ0) is 18.8. The molecule has 0 aliphatic carbocycles. The van der Waals surface area contributed by atoms with Gasteiger partial charge in [-0.2, -0.15) is 0 Å². The number of ether oxygens (including phenoxy) is 2. The quantitative estimate of drug-likeness (QED) is 0.767. The molecule has 2 unspecified atom stereocenters. The first-order valence-corrected chi connectivity index (χ1v) is 9.01. The fraction of sp³-hybridized carbons (Fsp3) is 0.500. The third kappa shape index (κ3) is 3.33. The number of fused-ring (bicyclic) bond motifs is 1. The molecule has 0 radical (unpaired) electrons. The lowest BCUT2D eigenvalue weighted by molar-refractivity contribution is 0.0527. The normalized spacial score (nSPS) is 20.0. The monoisotopic (exact) mass is 357 g/mol. The van der Waals surface area contributed by atoms with Crippen LogP contribution in [0, 0.1) is 5.92 Å². The summed E-state index contributed by atoms with van der Waals surface area (Å²) in [6.07, 6.45) is 1.63. The largest absolute Gasteiger partial charge is 0.497 e. The lowest BCUT2D eigenvalue weighted by Gasteiger charge is -2.25. The molecule has 1 fully saturated rings. The summed E-state index contributed by atoms with van der Waals surface area (Å²) in [7, 11) is 5.85. The van der Waals surface area contributed by atoms with Gasteiger partial charge in [0, 0.05) is 30.7 Å². The zero-order valence-corrected chi connectivity index (χ0v) is 16.2. The molecule has 2 atom stereocenters. The topological polar surface area (TPSA) is 54.9 Å². The van der Waals surface area contributed by atoms with Crippen molar-refractivity contribution < 1.29 is 14.3 Å². The summed E-state index contributed by atoms with van der Waals surface area (Å²) in [6.45, 7) is 6.14. The fourth-order valence-electron chi connectivity index (χ4n) is 3.79. The molecule has 2 heterocycles. The van der Waals surface area contributed by atoms with E-state index in [0.717, 1.165) is 35.4 Å². The highest BCUT2D eigenvalue weighted by Gasteiger charge is 2.34. The maximum Gasteiger partial charge on any atom is 0.341 e. The van der Waals surface area contributed by atoms with E-state index in [4.69, 9.17) is 9.47 Å². The molecule has 6 nitrogen and oxygen atoms in total. The molecular formula is C20H27N3O3. The molecule has 1 aliphatic heterocycles. The van der Waals surface area contributed by atoms with Gasteiger partial charge in [-0.3, -0.25) is 4.98 Å². The van der Waals surface area contributed by atoms with Gasteiger partial charge in [0.2, 0.25) is 0 Å². The number of likely N-dealkylation sites (N-methyl/N-ethyl adjacent to an activating group) is 1. The van der Waals surface area contributed by atoms with E-state index in [2.05, 4.69) is 35.8 Å². The van der Waals surface area contributed by atoms with Gasteiger partial charge in [-0.25, -0.2) is 4.79 Å². The summed E-state index contributed by atoms with van der Waals surface area (Å²) in [4.78, 5) is 21.6. The van der Waals surface area contributed by atoms with E-state index >= 15 is 0 Å². The number of esters is 1. The van der Waals surface area contributed by atoms with Gasteiger partial charge in [-0.15, -0.1) is 0 Å². The van der Waals surface area contributed by atoms with Crippen LogP contribution in [0.15, 0.2) is 24.4 Å². The third-order valence-corrected chi connectivity index (χ3v) is 5.09. The molecule has 0 N–H and O–H groups in total. The Hall–Kier alpha value is -2.34. The zero-order valence-electron chi connectivity index (χ0n) is 16.2. The first-order chi connectivity index (χ1) is 12.5. The van der Waals surface area contributed by atoms with Crippen molar-refractivity contribution >= 4 is 22.6 Å². The van der Waals surface area contributed by atoms with Crippen LogP contribution in [0.5, 0.6) is 5.75 Å². The third-order valence-electron chi connectivity index (χ3n) is 5.09. The van der Waals surface area contributed by atoms with Crippen LogP contribution in [0.2, 0.25) is 0 Å². The van der Waals surface area contributed by atoms with Crippen LogP contribution in [0.1, 0.15) is 24.2 Å². The molecule has 2 aromatic rings. The van der Waals surface area contributed by atoms with Crippen molar-refractivity contribution in [2.45, 2.75) is 19.9 Å². The molecule has 1 aromatic heterocycles. The standard InChI is InChI=1S/C20H27N3O3/c1-6-26-20(24)16-10-21-17-8-7-14(25-5)9-15(17)19(16)23-11-13(2)18(12-23)22(3)4/h7-10,13,18H,6,11-12H2,1-5H3. The SMILES string of the molecule is CCOC(=O)c1cnc2ccc(OC)cc2c1N1CC(C)C(N(C)C)C1. The number of pyridine rings is 1. The number of hydrogen-bond donors (Lipinski definition) is 0. The van der Waals surface area contributed by atoms with Gasteiger partial charge in [0.05, 0.1) is 24.9 Å². The van der Waals surface area contributed by atoms with E-state index in [1.165, 1.54) is 0 Å². The average molecular weight is 357 g/mol. The molecule has 3 rings (SSSR count). The Morgan fingerprint density at radius 3 is 2.73 bits per heavy atom. The second-order valence-corrected chi connectivity index (χ2v) is 7.04. The predicted molar refractivity (Wildman–Crippen MR) is 103 cm³/mol. The summed E-state index contributed by atoms with van der Waals surface area (Å²) < 4.78 is 10.7. The molecule has 140 valence electrons. The van der Waals surface area contributed by atoms with Crippen LogP contribution in [0.25, 0.3) is 10.9 Å². The van der Waals surface area contributed by atoms with Gasteiger partial charge < -0.3 is 19.3 Å². The van der Waals surface area contributed by atoms with Gasteiger partial charge in [0.15, 0.2) is 0 Å². The van der Waals surface area contributed by atoms with Crippen molar-refractivity contribution in [2.75, 3.05) is 45.8 Å². The minimum atomic E-state index is -0.333. The van der Waals surface area contributed by atoms with E-state index in [0.29, 0.717) is 24.1 Å². The predicted octanol–water partition coefficient (Wildman–Crippen LogP) is 2.81. The van der Waals surface area contributed by atoms with Crippen LogP contribution in [-0.4, -0.2) is 62.8 Å². The molecule has 0 amide bonds. The lowest BCUT2D eigenvalue weighted by Crippen LogP contribution is -2.34. The van der Waals surface area contributed by atoms with Crippen molar-refractivity contribution in [1.82, 2.24) is 9.88 Å².